The van der Waals surface area contributed by atoms with Crippen LogP contribution in [0.25, 0.3) is 0 Å². The van der Waals surface area contributed by atoms with Gasteiger partial charge < -0.3 is 9.84 Å². The van der Waals surface area contributed by atoms with E-state index in [9.17, 15) is 22.7 Å². The van der Waals surface area contributed by atoms with Gasteiger partial charge in [0.2, 0.25) is 10.0 Å². The van der Waals surface area contributed by atoms with E-state index >= 15 is 0 Å². The lowest BCUT2D eigenvalue weighted by Gasteiger charge is -2.10. The third-order valence-corrected chi connectivity index (χ3v) is 3.56. The molecule has 106 valence electrons. The molecule has 0 saturated carbocycles. The van der Waals surface area contributed by atoms with Gasteiger partial charge in [0.25, 0.3) is 0 Å². The number of carbonyl (C=O) groups excluding carboxylic acids is 1. The topological polar surface area (TPSA) is 92.7 Å². The number of rotatable bonds is 6. The van der Waals surface area contributed by atoms with Crippen LogP contribution in [0.5, 0.6) is 0 Å². The van der Waals surface area contributed by atoms with E-state index in [1.165, 1.54) is 12.1 Å². The van der Waals surface area contributed by atoms with Crippen LogP contribution in [0.2, 0.25) is 0 Å². The minimum atomic E-state index is -3.72. The zero-order valence-corrected chi connectivity index (χ0v) is 11.0. The zero-order valence-electron chi connectivity index (χ0n) is 10.2. The number of halogens is 1. The standard InChI is InChI=1S/C11H14FNO5S/c1-18-11(15)10(14)6-13-19(16,17)7-8-2-4-9(12)5-3-8/h2-5,10,13-14H,6-7H2,1H3. The van der Waals surface area contributed by atoms with Crippen molar-refractivity contribution in [3.63, 3.8) is 0 Å². The largest absolute Gasteiger partial charge is 0.467 e. The summed E-state index contributed by atoms with van der Waals surface area (Å²) >= 11 is 0. The predicted octanol–water partition coefficient (Wildman–Crippen LogP) is -0.221. The van der Waals surface area contributed by atoms with Crippen LogP contribution in [0.15, 0.2) is 24.3 Å². The zero-order chi connectivity index (χ0) is 14.5. The average Bonchev–Trinajstić information content (AvgIpc) is 2.37. The third-order valence-electron chi connectivity index (χ3n) is 2.24. The maximum absolute atomic E-state index is 12.7. The first-order chi connectivity index (χ1) is 8.84. The summed E-state index contributed by atoms with van der Waals surface area (Å²) in [5, 5.41) is 9.23. The summed E-state index contributed by atoms with van der Waals surface area (Å²) in [5.41, 5.74) is 0.390. The van der Waals surface area contributed by atoms with Gasteiger partial charge in [-0.25, -0.2) is 22.3 Å². The summed E-state index contributed by atoms with van der Waals surface area (Å²) in [5.74, 6) is -1.76. The number of hydrogen-bond acceptors (Lipinski definition) is 5. The minimum Gasteiger partial charge on any atom is -0.467 e. The molecule has 0 spiro atoms. The Morgan fingerprint density at radius 2 is 2.00 bits per heavy atom. The van der Waals surface area contributed by atoms with Crippen LogP contribution in [0, 0.1) is 5.82 Å². The molecule has 1 rings (SSSR count). The highest BCUT2D eigenvalue weighted by atomic mass is 32.2. The lowest BCUT2D eigenvalue weighted by Crippen LogP contribution is -2.37. The predicted molar refractivity (Wildman–Crippen MR) is 65.0 cm³/mol. The van der Waals surface area contributed by atoms with Gasteiger partial charge in [-0.2, -0.15) is 0 Å². The Morgan fingerprint density at radius 3 is 2.53 bits per heavy atom. The van der Waals surface area contributed by atoms with Crippen molar-refractivity contribution in [2.75, 3.05) is 13.7 Å². The number of nitrogens with one attached hydrogen (secondary N) is 1. The molecular weight excluding hydrogens is 277 g/mol. The molecule has 0 saturated heterocycles. The normalized spacial score (nSPS) is 13.0. The van der Waals surface area contributed by atoms with E-state index in [4.69, 9.17) is 0 Å². The molecule has 0 amide bonds. The highest BCUT2D eigenvalue weighted by Gasteiger charge is 2.19. The van der Waals surface area contributed by atoms with Gasteiger partial charge in [0.1, 0.15) is 5.82 Å². The second-order valence-electron chi connectivity index (χ2n) is 3.77. The molecule has 1 atom stereocenters. The van der Waals surface area contributed by atoms with Gasteiger partial charge in [-0.05, 0) is 17.7 Å². The van der Waals surface area contributed by atoms with Crippen molar-refractivity contribution >= 4 is 16.0 Å². The van der Waals surface area contributed by atoms with Gasteiger partial charge in [0.15, 0.2) is 6.10 Å². The SMILES string of the molecule is COC(=O)C(O)CNS(=O)(=O)Cc1ccc(F)cc1. The number of methoxy groups -OCH3 is 1. The first kappa shape index (κ1) is 15.5. The number of hydrogen-bond donors (Lipinski definition) is 2. The molecule has 0 aliphatic heterocycles. The molecule has 19 heavy (non-hydrogen) atoms. The summed E-state index contributed by atoms with van der Waals surface area (Å²) in [6, 6.07) is 4.97. The van der Waals surface area contributed by atoms with E-state index < -0.39 is 34.5 Å². The van der Waals surface area contributed by atoms with Crippen molar-refractivity contribution in [3.8, 4) is 0 Å². The van der Waals surface area contributed by atoms with Crippen LogP contribution in [-0.2, 0) is 25.3 Å². The molecule has 0 aromatic heterocycles. The number of aliphatic hydroxyl groups excluding tert-OH is 1. The van der Waals surface area contributed by atoms with Gasteiger partial charge in [0, 0.05) is 6.54 Å². The summed E-state index contributed by atoms with van der Waals surface area (Å²) < 4.78 is 42.2. The lowest BCUT2D eigenvalue weighted by molar-refractivity contribution is -0.149. The fourth-order valence-corrected chi connectivity index (χ4v) is 2.42. The number of sulfonamides is 1. The quantitative estimate of drug-likeness (QED) is 0.707. The molecule has 1 unspecified atom stereocenters. The van der Waals surface area contributed by atoms with E-state index in [1.54, 1.807) is 0 Å². The van der Waals surface area contributed by atoms with E-state index in [0.717, 1.165) is 19.2 Å². The maximum Gasteiger partial charge on any atom is 0.336 e. The molecule has 2 N–H and O–H groups in total. The number of esters is 1. The Morgan fingerprint density at radius 1 is 1.42 bits per heavy atom. The highest BCUT2D eigenvalue weighted by molar-refractivity contribution is 7.88. The molecule has 8 heteroatoms. The van der Waals surface area contributed by atoms with Crippen molar-refractivity contribution in [2.24, 2.45) is 0 Å². The van der Waals surface area contributed by atoms with Crippen LogP contribution >= 0.6 is 0 Å². The van der Waals surface area contributed by atoms with Gasteiger partial charge in [-0.3, -0.25) is 0 Å². The Labute approximate surface area is 110 Å². The van der Waals surface area contributed by atoms with Crippen molar-refractivity contribution in [1.82, 2.24) is 4.72 Å². The molecule has 0 aliphatic rings. The van der Waals surface area contributed by atoms with Crippen LogP contribution in [-0.4, -0.2) is 39.3 Å². The Balaban J connectivity index is 2.57. The lowest BCUT2D eigenvalue weighted by atomic mass is 10.2. The Kier molecular flexibility index (Phi) is 5.40. The van der Waals surface area contributed by atoms with Crippen molar-refractivity contribution in [1.29, 1.82) is 0 Å². The fraction of sp³-hybridized carbons (Fsp3) is 0.364. The van der Waals surface area contributed by atoms with E-state index in [0.29, 0.717) is 5.56 Å². The molecule has 0 aliphatic carbocycles. The molecule has 1 aromatic rings. The van der Waals surface area contributed by atoms with Gasteiger partial charge in [-0.15, -0.1) is 0 Å². The van der Waals surface area contributed by atoms with Crippen molar-refractivity contribution in [2.45, 2.75) is 11.9 Å². The van der Waals surface area contributed by atoms with Crippen molar-refractivity contribution < 1.29 is 27.4 Å². The maximum atomic E-state index is 12.7. The molecule has 0 fully saturated rings. The van der Waals surface area contributed by atoms with Gasteiger partial charge in [-0.1, -0.05) is 12.1 Å². The van der Waals surface area contributed by atoms with E-state index in [1.807, 2.05) is 0 Å². The molecule has 1 aromatic carbocycles. The van der Waals surface area contributed by atoms with Crippen LogP contribution in [0.4, 0.5) is 4.39 Å². The van der Waals surface area contributed by atoms with Gasteiger partial charge >= 0.3 is 5.97 Å². The van der Waals surface area contributed by atoms with Gasteiger partial charge in [0.05, 0.1) is 12.9 Å². The number of benzene rings is 1. The molecule has 6 nitrogen and oxygen atoms in total. The molecule has 0 radical (unpaired) electrons. The van der Waals surface area contributed by atoms with Crippen LogP contribution in [0.1, 0.15) is 5.56 Å². The average molecular weight is 291 g/mol. The molecule has 0 bridgehead atoms. The Bertz CT molecular complexity index is 529. The second kappa shape index (κ2) is 6.60. The summed E-state index contributed by atoms with van der Waals surface area (Å²) in [7, 11) is -2.64. The highest BCUT2D eigenvalue weighted by Crippen LogP contribution is 2.06. The fourth-order valence-electron chi connectivity index (χ4n) is 1.28. The first-order valence-electron chi connectivity index (χ1n) is 5.32. The number of aliphatic hydroxyl groups is 1. The monoisotopic (exact) mass is 291 g/mol. The van der Waals surface area contributed by atoms with Crippen molar-refractivity contribution in [3.05, 3.63) is 35.6 Å². The third kappa shape index (κ3) is 5.33. The summed E-state index contributed by atoms with van der Waals surface area (Å²) in [6.45, 7) is -0.476. The molecule has 0 heterocycles. The minimum absolute atomic E-state index is 0.374. The van der Waals surface area contributed by atoms with E-state index in [-0.39, 0.29) is 5.75 Å². The summed E-state index contributed by atoms with van der Waals surface area (Å²) in [4.78, 5) is 10.9. The van der Waals surface area contributed by atoms with Crippen LogP contribution < -0.4 is 4.72 Å². The molecular formula is C11H14FNO5S. The first-order valence-corrected chi connectivity index (χ1v) is 6.97. The second-order valence-corrected chi connectivity index (χ2v) is 5.58. The smallest absolute Gasteiger partial charge is 0.336 e. The number of carbonyl (C=O) groups is 1. The van der Waals surface area contributed by atoms with E-state index in [2.05, 4.69) is 9.46 Å². The summed E-state index contributed by atoms with van der Waals surface area (Å²) in [6.07, 6.45) is -1.56. The van der Waals surface area contributed by atoms with Crippen LogP contribution in [0.3, 0.4) is 0 Å². The Hall–Kier alpha value is -1.51. The number of ether oxygens (including phenoxy) is 1.